The summed E-state index contributed by atoms with van der Waals surface area (Å²) in [5, 5.41) is 6.27. The number of anilines is 1. The van der Waals surface area contributed by atoms with Gasteiger partial charge in [0.1, 0.15) is 5.82 Å². The fraction of sp³-hybridized carbons (Fsp3) is 0.412. The number of piperidine rings is 1. The van der Waals surface area contributed by atoms with Gasteiger partial charge >= 0.3 is 11.8 Å². The Hall–Kier alpha value is -2.77. The van der Waals surface area contributed by atoms with E-state index in [0.29, 0.717) is 31.2 Å². The van der Waals surface area contributed by atoms with Gasteiger partial charge in [-0.05, 0) is 25.0 Å². The smallest absolute Gasteiger partial charge is 0.313 e. The Morgan fingerprint density at radius 1 is 1.40 bits per heavy atom. The van der Waals surface area contributed by atoms with Gasteiger partial charge in [-0.15, -0.1) is 0 Å². The lowest BCUT2D eigenvalue weighted by atomic mass is 9.97. The van der Waals surface area contributed by atoms with Crippen molar-refractivity contribution >= 4 is 17.5 Å². The monoisotopic (exact) mass is 346 g/mol. The zero-order chi connectivity index (χ0) is 17.8. The Balaban J connectivity index is 1.65. The molecule has 2 heterocycles. The second kappa shape index (κ2) is 7.42. The van der Waals surface area contributed by atoms with Crippen molar-refractivity contribution in [3.63, 3.8) is 0 Å². The first-order valence-electron chi connectivity index (χ1n) is 8.25. The first kappa shape index (κ1) is 17.1. The zero-order valence-electron chi connectivity index (χ0n) is 13.9. The van der Waals surface area contributed by atoms with Crippen LogP contribution in [0.2, 0.25) is 0 Å². The van der Waals surface area contributed by atoms with E-state index in [1.54, 1.807) is 6.07 Å². The molecule has 25 heavy (non-hydrogen) atoms. The predicted octanol–water partition coefficient (Wildman–Crippen LogP) is 2.12. The van der Waals surface area contributed by atoms with Crippen LogP contribution >= 0.6 is 0 Å². The molecule has 0 radical (unpaired) electrons. The minimum absolute atomic E-state index is 0.0137. The van der Waals surface area contributed by atoms with Crippen LogP contribution in [0.1, 0.15) is 37.4 Å². The first-order chi connectivity index (χ1) is 12.1. The summed E-state index contributed by atoms with van der Waals surface area (Å²) in [5.74, 6) is -1.08. The Morgan fingerprint density at radius 2 is 2.20 bits per heavy atom. The zero-order valence-corrected chi connectivity index (χ0v) is 13.9. The van der Waals surface area contributed by atoms with Crippen molar-refractivity contribution in [3.8, 4) is 0 Å². The molecule has 1 atom stereocenters. The molecule has 0 unspecified atom stereocenters. The number of nitrogens with zero attached hydrogens (tertiary/aromatic N) is 3. The lowest BCUT2D eigenvalue weighted by Gasteiger charge is -2.30. The Morgan fingerprint density at radius 3 is 2.92 bits per heavy atom. The molecule has 2 aromatic rings. The Kier molecular flexibility index (Phi) is 5.06. The lowest BCUT2D eigenvalue weighted by Crippen LogP contribution is -2.44. The standard InChI is InChI=1S/C17H19FN4O3/c1-2-14-20-15(21-25-14)11-6-5-9-22(10-11)17(24)16(23)19-13-8-4-3-7-12(13)18/h3-4,7-8,11H,2,5-6,9-10H2,1H3,(H,19,23)/t11-/m0/s1. The van der Waals surface area contributed by atoms with Crippen molar-refractivity contribution in [2.45, 2.75) is 32.1 Å². The van der Waals surface area contributed by atoms with Crippen LogP contribution in [-0.4, -0.2) is 39.9 Å². The van der Waals surface area contributed by atoms with E-state index in [1.807, 2.05) is 6.92 Å². The largest absolute Gasteiger partial charge is 0.339 e. The van der Waals surface area contributed by atoms with E-state index in [1.165, 1.54) is 23.1 Å². The summed E-state index contributed by atoms with van der Waals surface area (Å²) in [4.78, 5) is 30.3. The molecule has 1 saturated heterocycles. The third-order valence-corrected chi connectivity index (χ3v) is 4.18. The average molecular weight is 346 g/mol. The summed E-state index contributed by atoms with van der Waals surface area (Å²) < 4.78 is 18.7. The highest BCUT2D eigenvalue weighted by Crippen LogP contribution is 2.25. The number of amides is 2. The van der Waals surface area contributed by atoms with Gasteiger partial charge in [0.05, 0.1) is 5.69 Å². The number of likely N-dealkylation sites (tertiary alicyclic amines) is 1. The summed E-state index contributed by atoms with van der Waals surface area (Å²) in [6.07, 6.45) is 2.20. The highest BCUT2D eigenvalue weighted by Gasteiger charge is 2.31. The molecule has 1 fully saturated rings. The number of hydrogen-bond acceptors (Lipinski definition) is 5. The van der Waals surface area contributed by atoms with Crippen molar-refractivity contribution in [1.82, 2.24) is 15.0 Å². The van der Waals surface area contributed by atoms with Crippen LogP contribution in [0.4, 0.5) is 10.1 Å². The maximum atomic E-state index is 13.6. The molecule has 8 heteroatoms. The third kappa shape index (κ3) is 3.84. The van der Waals surface area contributed by atoms with Crippen molar-refractivity contribution in [3.05, 3.63) is 41.8 Å². The number of aryl methyl sites for hydroxylation is 1. The average Bonchev–Trinajstić information content (AvgIpc) is 3.12. The van der Waals surface area contributed by atoms with Gasteiger partial charge in [-0.2, -0.15) is 4.98 Å². The number of rotatable bonds is 3. The SMILES string of the molecule is CCc1nc([C@H]2CCCN(C(=O)C(=O)Nc3ccccc3F)C2)no1. The fourth-order valence-electron chi connectivity index (χ4n) is 2.83. The topological polar surface area (TPSA) is 88.3 Å². The Bertz CT molecular complexity index is 777. The van der Waals surface area contributed by atoms with E-state index >= 15 is 0 Å². The molecular formula is C17H19FN4O3. The number of aromatic nitrogens is 2. The lowest BCUT2D eigenvalue weighted by molar-refractivity contribution is -0.144. The predicted molar refractivity (Wildman–Crippen MR) is 87.3 cm³/mol. The molecule has 7 nitrogen and oxygen atoms in total. The summed E-state index contributed by atoms with van der Waals surface area (Å²) in [6.45, 7) is 2.73. The van der Waals surface area contributed by atoms with Gasteiger partial charge < -0.3 is 14.7 Å². The number of nitrogens with one attached hydrogen (secondary N) is 1. The van der Waals surface area contributed by atoms with Crippen molar-refractivity contribution in [2.75, 3.05) is 18.4 Å². The van der Waals surface area contributed by atoms with E-state index in [2.05, 4.69) is 15.5 Å². The highest BCUT2D eigenvalue weighted by molar-refractivity contribution is 6.39. The van der Waals surface area contributed by atoms with Gasteiger partial charge in [0.2, 0.25) is 5.89 Å². The number of hydrogen-bond donors (Lipinski definition) is 1. The molecular weight excluding hydrogens is 327 g/mol. The summed E-state index contributed by atoms with van der Waals surface area (Å²) in [6, 6.07) is 5.73. The Labute approximate surface area is 144 Å². The normalized spacial score (nSPS) is 17.4. The summed E-state index contributed by atoms with van der Waals surface area (Å²) in [7, 11) is 0. The molecule has 1 aliphatic heterocycles. The molecule has 0 spiro atoms. The van der Waals surface area contributed by atoms with Gasteiger partial charge in [-0.1, -0.05) is 24.2 Å². The van der Waals surface area contributed by atoms with Crippen molar-refractivity contribution < 1.29 is 18.5 Å². The van der Waals surface area contributed by atoms with E-state index < -0.39 is 17.6 Å². The fourth-order valence-corrected chi connectivity index (χ4v) is 2.83. The van der Waals surface area contributed by atoms with Crippen molar-refractivity contribution in [2.24, 2.45) is 0 Å². The van der Waals surface area contributed by atoms with Gasteiger partial charge in [0, 0.05) is 25.4 Å². The van der Waals surface area contributed by atoms with Crippen LogP contribution in [0, 0.1) is 5.82 Å². The highest BCUT2D eigenvalue weighted by atomic mass is 19.1. The van der Waals surface area contributed by atoms with Crippen LogP contribution in [0.25, 0.3) is 0 Å². The second-order valence-electron chi connectivity index (χ2n) is 5.92. The maximum Gasteiger partial charge on any atom is 0.313 e. The van der Waals surface area contributed by atoms with E-state index in [4.69, 9.17) is 4.52 Å². The molecule has 1 aromatic heterocycles. The maximum absolute atomic E-state index is 13.6. The van der Waals surface area contributed by atoms with Gasteiger partial charge in [-0.25, -0.2) is 4.39 Å². The van der Waals surface area contributed by atoms with Crippen molar-refractivity contribution in [1.29, 1.82) is 0 Å². The molecule has 0 aliphatic carbocycles. The third-order valence-electron chi connectivity index (χ3n) is 4.18. The van der Waals surface area contributed by atoms with E-state index in [9.17, 15) is 14.0 Å². The van der Waals surface area contributed by atoms with Crippen LogP contribution in [0.5, 0.6) is 0 Å². The van der Waals surface area contributed by atoms with E-state index in [0.717, 1.165) is 12.8 Å². The van der Waals surface area contributed by atoms with Gasteiger partial charge in [0.15, 0.2) is 5.82 Å². The van der Waals surface area contributed by atoms with Crippen LogP contribution < -0.4 is 5.32 Å². The quantitative estimate of drug-likeness (QED) is 0.860. The number of halogens is 1. The number of carbonyl (C=O) groups excluding carboxylic acids is 2. The van der Waals surface area contributed by atoms with Crippen LogP contribution in [0.15, 0.2) is 28.8 Å². The summed E-state index contributed by atoms with van der Waals surface area (Å²) >= 11 is 0. The van der Waals surface area contributed by atoms with Crippen LogP contribution in [-0.2, 0) is 16.0 Å². The van der Waals surface area contributed by atoms with Gasteiger partial charge in [-0.3, -0.25) is 9.59 Å². The molecule has 0 bridgehead atoms. The van der Waals surface area contributed by atoms with E-state index in [-0.39, 0.29) is 11.6 Å². The van der Waals surface area contributed by atoms with Gasteiger partial charge in [0.25, 0.3) is 0 Å². The summed E-state index contributed by atoms with van der Waals surface area (Å²) in [5.41, 5.74) is -0.0137. The molecule has 132 valence electrons. The molecule has 3 rings (SSSR count). The first-order valence-corrected chi connectivity index (χ1v) is 8.25. The van der Waals surface area contributed by atoms with Crippen LogP contribution in [0.3, 0.4) is 0 Å². The number of para-hydroxylation sites is 1. The minimum Gasteiger partial charge on any atom is -0.339 e. The molecule has 0 saturated carbocycles. The number of benzene rings is 1. The number of carbonyl (C=O) groups is 2. The second-order valence-corrected chi connectivity index (χ2v) is 5.92. The molecule has 1 aromatic carbocycles. The molecule has 2 amide bonds. The molecule has 1 N–H and O–H groups in total. The molecule has 1 aliphatic rings. The minimum atomic E-state index is -0.854.